The van der Waals surface area contributed by atoms with Crippen LogP contribution in [0.2, 0.25) is 0 Å². The third kappa shape index (κ3) is 3.50. The van der Waals surface area contributed by atoms with Crippen molar-refractivity contribution in [3.05, 3.63) is 42.0 Å². The predicted octanol–water partition coefficient (Wildman–Crippen LogP) is 2.04. The Morgan fingerprint density at radius 2 is 2.12 bits per heavy atom. The van der Waals surface area contributed by atoms with Gasteiger partial charge in [-0.3, -0.25) is 0 Å². The molecule has 0 unspecified atom stereocenters. The van der Waals surface area contributed by atoms with Gasteiger partial charge < -0.3 is 9.47 Å². The van der Waals surface area contributed by atoms with Crippen molar-refractivity contribution in [2.24, 2.45) is 0 Å². The summed E-state index contributed by atoms with van der Waals surface area (Å²) in [5.41, 5.74) is 0.481. The summed E-state index contributed by atoms with van der Waals surface area (Å²) in [7, 11) is 1.57. The molecule has 0 aromatic heterocycles. The molecule has 0 atom stereocenters. The molecule has 0 spiro atoms. The Labute approximate surface area is 94.7 Å². The first kappa shape index (κ1) is 11.9. The van der Waals surface area contributed by atoms with Crippen molar-refractivity contribution in [3.63, 3.8) is 0 Å². The molecule has 0 fully saturated rings. The second-order valence-electron chi connectivity index (χ2n) is 2.90. The minimum atomic E-state index is -0.385. The normalized spacial score (nSPS) is 9.75. The second-order valence-corrected chi connectivity index (χ2v) is 2.90. The number of carbonyl (C=O) groups is 1. The van der Waals surface area contributed by atoms with Gasteiger partial charge in [0.15, 0.2) is 0 Å². The molecule has 1 aromatic rings. The molecule has 0 radical (unpaired) electrons. The van der Waals surface area contributed by atoms with Crippen LogP contribution in [0.5, 0.6) is 5.75 Å². The van der Waals surface area contributed by atoms with Crippen LogP contribution in [-0.4, -0.2) is 19.7 Å². The van der Waals surface area contributed by atoms with Gasteiger partial charge in [0.25, 0.3) is 0 Å². The molecule has 1 rings (SSSR count). The summed E-state index contributed by atoms with van der Waals surface area (Å²) < 4.78 is 9.92. The molecule has 0 heterocycles. The fourth-order valence-corrected chi connectivity index (χ4v) is 1.05. The smallest absolute Gasteiger partial charge is 0.338 e. The van der Waals surface area contributed by atoms with Crippen LogP contribution in [0.1, 0.15) is 10.4 Å². The Kier molecular flexibility index (Phi) is 4.68. The lowest BCUT2D eigenvalue weighted by molar-refractivity contribution is 0.0549. The molecule has 16 heavy (non-hydrogen) atoms. The lowest BCUT2D eigenvalue weighted by atomic mass is 10.2. The fourth-order valence-electron chi connectivity index (χ4n) is 1.05. The van der Waals surface area contributed by atoms with E-state index in [0.717, 1.165) is 0 Å². The van der Waals surface area contributed by atoms with Gasteiger partial charge in [-0.15, -0.1) is 6.42 Å². The molecule has 0 saturated heterocycles. The highest BCUT2D eigenvalue weighted by Gasteiger charge is 2.05. The van der Waals surface area contributed by atoms with Crippen molar-refractivity contribution in [3.8, 4) is 18.1 Å². The summed E-state index contributed by atoms with van der Waals surface area (Å²) in [4.78, 5) is 11.5. The molecule has 3 heteroatoms. The molecule has 0 N–H and O–H groups in total. The molecular weight excluding hydrogens is 204 g/mol. The van der Waals surface area contributed by atoms with Crippen molar-refractivity contribution in [2.75, 3.05) is 13.7 Å². The van der Waals surface area contributed by atoms with E-state index in [-0.39, 0.29) is 12.6 Å². The number of allylic oxidation sites excluding steroid dienone is 1. The first-order valence-corrected chi connectivity index (χ1v) is 4.70. The minimum Gasteiger partial charge on any atom is -0.497 e. The van der Waals surface area contributed by atoms with Gasteiger partial charge in [-0.1, -0.05) is 5.92 Å². The predicted molar refractivity (Wildman–Crippen MR) is 61.2 cm³/mol. The topological polar surface area (TPSA) is 35.5 Å². The second kappa shape index (κ2) is 6.31. The van der Waals surface area contributed by atoms with E-state index in [0.29, 0.717) is 11.3 Å². The van der Waals surface area contributed by atoms with E-state index >= 15 is 0 Å². The largest absolute Gasteiger partial charge is 0.497 e. The van der Waals surface area contributed by atoms with Gasteiger partial charge in [-0.25, -0.2) is 4.79 Å². The van der Waals surface area contributed by atoms with Gasteiger partial charge >= 0.3 is 5.97 Å². The number of hydrogen-bond donors (Lipinski definition) is 0. The average Bonchev–Trinajstić information content (AvgIpc) is 2.34. The quantitative estimate of drug-likeness (QED) is 0.570. The van der Waals surface area contributed by atoms with E-state index in [4.69, 9.17) is 15.9 Å². The maximum atomic E-state index is 11.5. The molecule has 82 valence electrons. The van der Waals surface area contributed by atoms with Crippen molar-refractivity contribution in [1.82, 2.24) is 0 Å². The van der Waals surface area contributed by atoms with Crippen LogP contribution >= 0.6 is 0 Å². The SMILES string of the molecule is C#CC=CCOC(=O)c1ccc(OC)cc1. The molecule has 0 amide bonds. The number of esters is 1. The minimum absolute atomic E-state index is 0.176. The van der Waals surface area contributed by atoms with E-state index in [2.05, 4.69) is 5.92 Å². The van der Waals surface area contributed by atoms with E-state index in [1.54, 1.807) is 37.5 Å². The summed E-state index contributed by atoms with van der Waals surface area (Å²) in [5.74, 6) is 2.62. The van der Waals surface area contributed by atoms with Crippen LogP contribution in [0.15, 0.2) is 36.4 Å². The Balaban J connectivity index is 2.53. The van der Waals surface area contributed by atoms with Gasteiger partial charge in [0.05, 0.1) is 12.7 Å². The first-order chi connectivity index (χ1) is 7.77. The fraction of sp³-hybridized carbons (Fsp3) is 0.154. The number of ether oxygens (including phenoxy) is 2. The van der Waals surface area contributed by atoms with Crippen LogP contribution in [0.3, 0.4) is 0 Å². The third-order valence-electron chi connectivity index (χ3n) is 1.85. The van der Waals surface area contributed by atoms with Crippen LogP contribution in [0, 0.1) is 12.3 Å². The lowest BCUT2D eigenvalue weighted by Crippen LogP contribution is -2.04. The van der Waals surface area contributed by atoms with Gasteiger partial charge in [-0.05, 0) is 36.4 Å². The van der Waals surface area contributed by atoms with Crippen molar-refractivity contribution < 1.29 is 14.3 Å². The summed E-state index contributed by atoms with van der Waals surface area (Å²) in [6.45, 7) is 0.176. The Morgan fingerprint density at radius 3 is 2.69 bits per heavy atom. The zero-order valence-corrected chi connectivity index (χ0v) is 8.97. The maximum Gasteiger partial charge on any atom is 0.338 e. The highest BCUT2D eigenvalue weighted by atomic mass is 16.5. The highest BCUT2D eigenvalue weighted by molar-refractivity contribution is 5.89. The van der Waals surface area contributed by atoms with Gasteiger partial charge in [0.1, 0.15) is 12.4 Å². The van der Waals surface area contributed by atoms with Gasteiger partial charge in [0, 0.05) is 0 Å². The maximum absolute atomic E-state index is 11.5. The van der Waals surface area contributed by atoms with Crippen LogP contribution < -0.4 is 4.74 Å². The van der Waals surface area contributed by atoms with Crippen molar-refractivity contribution in [2.45, 2.75) is 0 Å². The molecular formula is C13H12O3. The standard InChI is InChI=1S/C13H12O3/c1-3-4-5-10-16-13(14)11-6-8-12(15-2)9-7-11/h1,4-9H,10H2,2H3. The molecule has 0 aliphatic heterocycles. The van der Waals surface area contributed by atoms with Gasteiger partial charge in [0.2, 0.25) is 0 Å². The number of benzene rings is 1. The Bertz CT molecular complexity index is 410. The number of methoxy groups -OCH3 is 1. The average molecular weight is 216 g/mol. The van der Waals surface area contributed by atoms with Crippen LogP contribution in [-0.2, 0) is 4.74 Å². The number of carbonyl (C=O) groups excluding carboxylic acids is 1. The molecule has 0 aliphatic rings. The van der Waals surface area contributed by atoms with Gasteiger partial charge in [-0.2, -0.15) is 0 Å². The molecule has 1 aromatic carbocycles. The first-order valence-electron chi connectivity index (χ1n) is 4.70. The Hall–Kier alpha value is -2.21. The highest BCUT2D eigenvalue weighted by Crippen LogP contribution is 2.11. The zero-order valence-electron chi connectivity index (χ0n) is 8.97. The summed E-state index contributed by atoms with van der Waals surface area (Å²) in [6, 6.07) is 6.69. The van der Waals surface area contributed by atoms with Crippen LogP contribution in [0.4, 0.5) is 0 Å². The van der Waals surface area contributed by atoms with E-state index in [9.17, 15) is 4.79 Å². The number of terminal acetylenes is 1. The zero-order chi connectivity index (χ0) is 11.8. The van der Waals surface area contributed by atoms with Crippen molar-refractivity contribution >= 4 is 5.97 Å². The molecule has 0 aliphatic carbocycles. The van der Waals surface area contributed by atoms with Crippen molar-refractivity contribution in [1.29, 1.82) is 0 Å². The monoisotopic (exact) mass is 216 g/mol. The summed E-state index contributed by atoms with van der Waals surface area (Å²) in [5, 5.41) is 0. The Morgan fingerprint density at radius 1 is 1.44 bits per heavy atom. The summed E-state index contributed by atoms with van der Waals surface area (Å²) >= 11 is 0. The number of hydrogen-bond acceptors (Lipinski definition) is 3. The molecule has 3 nitrogen and oxygen atoms in total. The molecule has 0 saturated carbocycles. The van der Waals surface area contributed by atoms with E-state index in [1.807, 2.05) is 0 Å². The van der Waals surface area contributed by atoms with Crippen LogP contribution in [0.25, 0.3) is 0 Å². The van der Waals surface area contributed by atoms with E-state index < -0.39 is 0 Å². The lowest BCUT2D eigenvalue weighted by Gasteiger charge is -2.03. The summed E-state index contributed by atoms with van der Waals surface area (Å²) in [6.07, 6.45) is 8.08. The third-order valence-corrected chi connectivity index (χ3v) is 1.85. The number of rotatable bonds is 4. The molecule has 0 bridgehead atoms. The van der Waals surface area contributed by atoms with E-state index in [1.165, 1.54) is 6.08 Å².